The van der Waals surface area contributed by atoms with Gasteiger partial charge in [-0.15, -0.1) is 0 Å². The molecule has 1 aliphatic rings. The molecule has 112 valence electrons. The first kappa shape index (κ1) is 15.3. The normalized spacial score (nSPS) is 21.6. The van der Waals surface area contributed by atoms with Gasteiger partial charge in [-0.1, -0.05) is 18.5 Å². The lowest BCUT2D eigenvalue weighted by molar-refractivity contribution is 0.558. The Hall–Kier alpha value is -1.08. The number of hydrogen-bond donors (Lipinski definition) is 1. The summed E-state index contributed by atoms with van der Waals surface area (Å²) in [5, 5.41) is 7.13. The maximum Gasteiger partial charge on any atom is 0.287 e. The lowest BCUT2D eigenvalue weighted by atomic mass is 10.2. The fraction of sp³-hybridized carbons (Fsp3) is 0.667. The summed E-state index contributed by atoms with van der Waals surface area (Å²) >= 11 is 6.04. The van der Waals surface area contributed by atoms with Gasteiger partial charge in [0.2, 0.25) is 0 Å². The molecule has 0 bridgehead atoms. The molecule has 8 heteroatoms. The SMILES string of the molecule is CCCn1ncc(NC2CCCS(=O)(=O)C2)c(Cl)c1=O. The van der Waals surface area contributed by atoms with E-state index in [1.54, 1.807) is 0 Å². The van der Waals surface area contributed by atoms with E-state index in [-0.39, 0.29) is 28.1 Å². The van der Waals surface area contributed by atoms with Crippen molar-refractivity contribution in [3.63, 3.8) is 0 Å². The number of hydrogen-bond acceptors (Lipinski definition) is 5. The third-order valence-electron chi connectivity index (χ3n) is 3.24. The minimum absolute atomic E-state index is 0.0661. The number of sulfone groups is 1. The Morgan fingerprint density at radius 3 is 2.95 bits per heavy atom. The van der Waals surface area contributed by atoms with Crippen molar-refractivity contribution in [2.24, 2.45) is 0 Å². The Morgan fingerprint density at radius 2 is 2.30 bits per heavy atom. The number of aryl methyl sites for hydroxylation is 1. The van der Waals surface area contributed by atoms with E-state index < -0.39 is 9.84 Å². The zero-order valence-corrected chi connectivity index (χ0v) is 12.9. The van der Waals surface area contributed by atoms with Crippen molar-refractivity contribution >= 4 is 27.1 Å². The minimum Gasteiger partial charge on any atom is -0.379 e. The van der Waals surface area contributed by atoms with Gasteiger partial charge in [-0.05, 0) is 19.3 Å². The van der Waals surface area contributed by atoms with E-state index in [9.17, 15) is 13.2 Å². The van der Waals surface area contributed by atoms with Crippen molar-refractivity contribution < 1.29 is 8.42 Å². The Bertz CT molecular complexity index is 642. The van der Waals surface area contributed by atoms with Gasteiger partial charge in [0.05, 0.1) is 23.4 Å². The molecule has 1 atom stereocenters. The minimum atomic E-state index is -3.00. The van der Waals surface area contributed by atoms with E-state index in [0.29, 0.717) is 18.7 Å². The quantitative estimate of drug-likeness (QED) is 0.904. The summed E-state index contributed by atoms with van der Waals surface area (Å²) in [6, 6.07) is -0.213. The van der Waals surface area contributed by atoms with Gasteiger partial charge >= 0.3 is 0 Å². The predicted molar refractivity (Wildman–Crippen MR) is 79.1 cm³/mol. The van der Waals surface area contributed by atoms with Crippen LogP contribution in [0, 0.1) is 0 Å². The Kier molecular flexibility index (Phi) is 4.70. The second-order valence-electron chi connectivity index (χ2n) is 5.00. The summed E-state index contributed by atoms with van der Waals surface area (Å²) in [6.07, 6.45) is 3.64. The topological polar surface area (TPSA) is 81.1 Å². The highest BCUT2D eigenvalue weighted by Crippen LogP contribution is 2.21. The van der Waals surface area contributed by atoms with Crippen molar-refractivity contribution in [1.82, 2.24) is 9.78 Å². The second-order valence-corrected chi connectivity index (χ2v) is 7.61. The van der Waals surface area contributed by atoms with Crippen LogP contribution in [0.1, 0.15) is 26.2 Å². The molecule has 1 N–H and O–H groups in total. The molecule has 1 fully saturated rings. The number of aromatic nitrogens is 2. The van der Waals surface area contributed by atoms with E-state index in [1.165, 1.54) is 10.9 Å². The van der Waals surface area contributed by atoms with Crippen molar-refractivity contribution in [3.8, 4) is 0 Å². The zero-order chi connectivity index (χ0) is 14.8. The summed E-state index contributed by atoms with van der Waals surface area (Å²) in [7, 11) is -3.00. The molecule has 0 amide bonds. The van der Waals surface area contributed by atoms with Crippen molar-refractivity contribution in [1.29, 1.82) is 0 Å². The van der Waals surface area contributed by atoms with Crippen LogP contribution in [-0.4, -0.2) is 35.7 Å². The number of halogens is 1. The fourth-order valence-electron chi connectivity index (χ4n) is 2.29. The first-order valence-electron chi connectivity index (χ1n) is 6.65. The third-order valence-corrected chi connectivity index (χ3v) is 5.43. The molecular formula is C12H18ClN3O3S. The number of nitrogens with zero attached hydrogens (tertiary/aromatic N) is 2. The first-order valence-corrected chi connectivity index (χ1v) is 8.85. The van der Waals surface area contributed by atoms with Gasteiger partial charge in [-0.2, -0.15) is 5.10 Å². The molecule has 1 saturated heterocycles. The third kappa shape index (κ3) is 3.52. The van der Waals surface area contributed by atoms with Crippen LogP contribution < -0.4 is 10.9 Å². The molecule has 0 radical (unpaired) electrons. The zero-order valence-electron chi connectivity index (χ0n) is 11.3. The molecule has 1 aromatic rings. The monoisotopic (exact) mass is 319 g/mol. The van der Waals surface area contributed by atoms with E-state index >= 15 is 0 Å². The van der Waals surface area contributed by atoms with Crippen LogP contribution in [-0.2, 0) is 16.4 Å². The van der Waals surface area contributed by atoms with Crippen LogP contribution in [0.3, 0.4) is 0 Å². The molecular weight excluding hydrogens is 302 g/mol. The molecule has 0 aliphatic carbocycles. The van der Waals surface area contributed by atoms with Crippen molar-refractivity contribution in [2.75, 3.05) is 16.8 Å². The molecule has 6 nitrogen and oxygen atoms in total. The molecule has 1 unspecified atom stereocenters. The Balaban J connectivity index is 2.18. The van der Waals surface area contributed by atoms with Gasteiger partial charge in [-0.3, -0.25) is 4.79 Å². The van der Waals surface area contributed by atoms with Gasteiger partial charge in [0.15, 0.2) is 9.84 Å². The summed E-state index contributed by atoms with van der Waals surface area (Å²) < 4.78 is 24.5. The maximum absolute atomic E-state index is 12.0. The number of anilines is 1. The summed E-state index contributed by atoms with van der Waals surface area (Å²) in [5.41, 5.74) is 0.0586. The van der Waals surface area contributed by atoms with Gasteiger partial charge in [-0.25, -0.2) is 13.1 Å². The average Bonchev–Trinajstić information content (AvgIpc) is 2.37. The molecule has 0 aromatic carbocycles. The Labute approximate surface area is 123 Å². The highest BCUT2D eigenvalue weighted by atomic mass is 35.5. The standard InChI is InChI=1S/C12H18ClN3O3S/c1-2-5-16-12(17)11(13)10(7-14-16)15-9-4-3-6-20(18,19)8-9/h7,9,15H,2-6,8H2,1H3. The summed E-state index contributed by atoms with van der Waals surface area (Å²) in [6.45, 7) is 2.46. The average molecular weight is 320 g/mol. The molecule has 2 heterocycles. The Morgan fingerprint density at radius 1 is 1.55 bits per heavy atom. The number of nitrogens with one attached hydrogen (secondary N) is 1. The smallest absolute Gasteiger partial charge is 0.287 e. The first-order chi connectivity index (χ1) is 9.43. The molecule has 2 rings (SSSR count). The van der Waals surface area contributed by atoms with Crippen molar-refractivity contribution in [2.45, 2.75) is 38.8 Å². The highest BCUT2D eigenvalue weighted by molar-refractivity contribution is 7.91. The van der Waals surface area contributed by atoms with E-state index in [0.717, 1.165) is 12.8 Å². The van der Waals surface area contributed by atoms with Crippen LogP contribution in [0.5, 0.6) is 0 Å². The van der Waals surface area contributed by atoms with Gasteiger partial charge in [0.25, 0.3) is 5.56 Å². The molecule has 20 heavy (non-hydrogen) atoms. The van der Waals surface area contributed by atoms with Crippen LogP contribution in [0.4, 0.5) is 5.69 Å². The molecule has 1 aliphatic heterocycles. The molecule has 0 spiro atoms. The lowest BCUT2D eigenvalue weighted by Crippen LogP contribution is -2.35. The van der Waals surface area contributed by atoms with Gasteiger partial charge in [0, 0.05) is 12.6 Å². The van der Waals surface area contributed by atoms with E-state index in [4.69, 9.17) is 11.6 Å². The lowest BCUT2D eigenvalue weighted by Gasteiger charge is -2.24. The largest absolute Gasteiger partial charge is 0.379 e. The van der Waals surface area contributed by atoms with Gasteiger partial charge < -0.3 is 5.32 Å². The van der Waals surface area contributed by atoms with Crippen LogP contribution in [0.2, 0.25) is 5.02 Å². The molecule has 0 saturated carbocycles. The van der Waals surface area contributed by atoms with Crippen molar-refractivity contribution in [3.05, 3.63) is 21.6 Å². The van der Waals surface area contributed by atoms with Crippen LogP contribution >= 0.6 is 11.6 Å². The number of rotatable bonds is 4. The summed E-state index contributed by atoms with van der Waals surface area (Å²) in [5.74, 6) is 0.302. The highest BCUT2D eigenvalue weighted by Gasteiger charge is 2.25. The van der Waals surface area contributed by atoms with Crippen LogP contribution in [0.15, 0.2) is 11.0 Å². The van der Waals surface area contributed by atoms with E-state index in [2.05, 4.69) is 10.4 Å². The van der Waals surface area contributed by atoms with Gasteiger partial charge in [0.1, 0.15) is 5.02 Å². The summed E-state index contributed by atoms with van der Waals surface area (Å²) in [4.78, 5) is 12.0. The van der Waals surface area contributed by atoms with Crippen LogP contribution in [0.25, 0.3) is 0 Å². The second kappa shape index (κ2) is 6.13. The van der Waals surface area contributed by atoms with E-state index in [1.807, 2.05) is 6.92 Å². The predicted octanol–water partition coefficient (Wildman–Crippen LogP) is 1.30. The fourth-order valence-corrected chi connectivity index (χ4v) is 4.13. The molecule has 1 aromatic heterocycles. The maximum atomic E-state index is 12.0.